The van der Waals surface area contributed by atoms with E-state index in [9.17, 15) is 14.7 Å². The van der Waals surface area contributed by atoms with Crippen LogP contribution in [0, 0.1) is 19.8 Å². The highest BCUT2D eigenvalue weighted by molar-refractivity contribution is 8.03. The van der Waals surface area contributed by atoms with E-state index in [1.54, 1.807) is 0 Å². The van der Waals surface area contributed by atoms with Gasteiger partial charge in [0.15, 0.2) is 5.16 Å². The number of aliphatic hydroxyl groups excluding tert-OH is 1. The highest BCUT2D eigenvalue weighted by atomic mass is 32.2. The molecule has 2 aliphatic heterocycles. The third kappa shape index (κ3) is 2.72. The number of aromatic nitrogens is 2. The summed E-state index contributed by atoms with van der Waals surface area (Å²) in [6.07, 6.45) is 0.837. The van der Waals surface area contributed by atoms with Crippen molar-refractivity contribution < 1.29 is 19.8 Å². The van der Waals surface area contributed by atoms with E-state index in [1.165, 1.54) is 16.7 Å². The first kappa shape index (κ1) is 15.9. The van der Waals surface area contributed by atoms with Crippen molar-refractivity contribution in [3.05, 3.63) is 28.1 Å². The molecule has 122 valence electrons. The summed E-state index contributed by atoms with van der Waals surface area (Å²) in [7, 11) is 0. The fourth-order valence-corrected chi connectivity index (χ4v) is 4.29. The van der Waals surface area contributed by atoms with Crippen LogP contribution in [0.5, 0.6) is 0 Å². The lowest BCUT2D eigenvalue weighted by Gasteiger charge is -2.43. The summed E-state index contributed by atoms with van der Waals surface area (Å²) in [4.78, 5) is 34.3. The molecule has 1 amide bonds. The molecule has 3 rings (SSSR count). The van der Waals surface area contributed by atoms with Crippen molar-refractivity contribution in [2.45, 2.75) is 37.9 Å². The number of β-lactam (4-membered cyclic amide) rings is 1. The van der Waals surface area contributed by atoms with Crippen LogP contribution < -0.4 is 0 Å². The number of hydrogen-bond donors (Lipinski definition) is 2. The average molecular weight is 335 g/mol. The van der Waals surface area contributed by atoms with Gasteiger partial charge in [-0.3, -0.25) is 4.79 Å². The van der Waals surface area contributed by atoms with Gasteiger partial charge in [0.05, 0.1) is 12.0 Å². The zero-order chi connectivity index (χ0) is 16.7. The smallest absolute Gasteiger partial charge is 0.353 e. The maximum atomic E-state index is 12.1. The van der Waals surface area contributed by atoms with Gasteiger partial charge in [-0.25, -0.2) is 14.8 Å². The van der Waals surface area contributed by atoms with Crippen LogP contribution in [-0.2, 0) is 9.59 Å². The molecule has 1 aromatic rings. The van der Waals surface area contributed by atoms with Gasteiger partial charge in [-0.1, -0.05) is 11.8 Å². The molecule has 8 heteroatoms. The average Bonchev–Trinajstić information content (AvgIpc) is 2.79. The largest absolute Gasteiger partial charge is 0.477 e. The fraction of sp³-hybridized carbons (Fsp3) is 0.467. The number of nitrogens with zero attached hydrogens (tertiary/aromatic N) is 3. The number of rotatable bonds is 5. The van der Waals surface area contributed by atoms with Crippen molar-refractivity contribution in [2.75, 3.05) is 6.61 Å². The van der Waals surface area contributed by atoms with Gasteiger partial charge in [0.1, 0.15) is 5.70 Å². The number of carboxylic acid groups (broad SMARTS) is 1. The lowest BCUT2D eigenvalue weighted by molar-refractivity contribution is -0.155. The number of carboxylic acids is 1. The molecule has 1 aromatic heterocycles. The van der Waals surface area contributed by atoms with Crippen molar-refractivity contribution in [3.63, 3.8) is 0 Å². The summed E-state index contributed by atoms with van der Waals surface area (Å²) in [5, 5.41) is 19.0. The van der Waals surface area contributed by atoms with Crippen LogP contribution in [0.2, 0.25) is 0 Å². The first-order valence-corrected chi connectivity index (χ1v) is 8.14. The number of carbonyl (C=O) groups is 2. The molecule has 0 saturated carbocycles. The Bertz CT molecular complexity index is 698. The minimum Gasteiger partial charge on any atom is -0.477 e. The van der Waals surface area contributed by atoms with Crippen molar-refractivity contribution in [1.29, 1.82) is 0 Å². The molecule has 2 N–H and O–H groups in total. The molecule has 0 aliphatic carbocycles. The van der Waals surface area contributed by atoms with Crippen LogP contribution >= 0.6 is 11.8 Å². The van der Waals surface area contributed by atoms with Crippen LogP contribution in [0.4, 0.5) is 0 Å². The Morgan fingerprint density at radius 1 is 1.39 bits per heavy atom. The molecule has 23 heavy (non-hydrogen) atoms. The lowest BCUT2D eigenvalue weighted by atomic mass is 9.85. The first-order chi connectivity index (χ1) is 10.9. The predicted molar refractivity (Wildman–Crippen MR) is 82.5 cm³/mol. The standard InChI is InChI=1S/C15H17N3O4S/c1-7-5-8(2)17-15(16-7)23-11-6-10-9(3-4-19)13(20)18(10)12(11)14(21)22/h5,9-10,19H,3-4,6H2,1-2H3,(H,21,22). The second kappa shape index (κ2) is 5.93. The Hall–Kier alpha value is -1.93. The van der Waals surface area contributed by atoms with Crippen molar-refractivity contribution >= 4 is 23.6 Å². The van der Waals surface area contributed by atoms with Gasteiger partial charge >= 0.3 is 5.97 Å². The third-order valence-corrected chi connectivity index (χ3v) is 5.04. The molecule has 0 aromatic carbocycles. The molecule has 0 spiro atoms. The second-order valence-electron chi connectivity index (χ2n) is 5.71. The number of thioether (sulfide) groups is 1. The van der Waals surface area contributed by atoms with E-state index in [0.717, 1.165) is 11.4 Å². The molecule has 1 fully saturated rings. The Kier molecular flexibility index (Phi) is 4.11. The van der Waals surface area contributed by atoms with E-state index >= 15 is 0 Å². The van der Waals surface area contributed by atoms with Gasteiger partial charge in [-0.2, -0.15) is 0 Å². The summed E-state index contributed by atoms with van der Waals surface area (Å²) < 4.78 is 0. The predicted octanol–water partition coefficient (Wildman–Crippen LogP) is 1.09. The van der Waals surface area contributed by atoms with E-state index in [-0.39, 0.29) is 30.2 Å². The zero-order valence-corrected chi connectivity index (χ0v) is 13.6. The van der Waals surface area contributed by atoms with Gasteiger partial charge in [-0.15, -0.1) is 0 Å². The van der Waals surface area contributed by atoms with Crippen LogP contribution in [0.25, 0.3) is 0 Å². The highest BCUT2D eigenvalue weighted by Gasteiger charge is 2.54. The van der Waals surface area contributed by atoms with Gasteiger partial charge in [0.2, 0.25) is 5.91 Å². The minimum absolute atomic E-state index is 0.0296. The molecule has 2 atom stereocenters. The summed E-state index contributed by atoms with van der Waals surface area (Å²) in [6, 6.07) is 1.67. The molecule has 2 unspecified atom stereocenters. The van der Waals surface area contributed by atoms with Gasteiger partial charge < -0.3 is 15.1 Å². The summed E-state index contributed by atoms with van der Waals surface area (Å²) >= 11 is 1.21. The number of hydrogen-bond acceptors (Lipinski definition) is 6. The lowest BCUT2D eigenvalue weighted by Crippen LogP contribution is -2.58. The van der Waals surface area contributed by atoms with Crippen LogP contribution in [0.15, 0.2) is 21.8 Å². The third-order valence-electron chi connectivity index (χ3n) is 4.07. The van der Waals surface area contributed by atoms with E-state index in [2.05, 4.69) is 9.97 Å². The number of carbonyl (C=O) groups excluding carboxylic acids is 1. The number of aliphatic hydroxyl groups is 1. The quantitative estimate of drug-likeness (QED) is 0.613. The zero-order valence-electron chi connectivity index (χ0n) is 12.8. The molecule has 0 bridgehead atoms. The number of fused-ring (bicyclic) bond motifs is 1. The molecule has 2 aliphatic rings. The minimum atomic E-state index is -1.12. The molecular formula is C15H17N3O4S. The van der Waals surface area contributed by atoms with Crippen molar-refractivity contribution in [1.82, 2.24) is 14.9 Å². The van der Waals surface area contributed by atoms with Crippen LogP contribution in [0.1, 0.15) is 24.2 Å². The molecule has 3 heterocycles. The van der Waals surface area contributed by atoms with E-state index in [1.807, 2.05) is 19.9 Å². The summed E-state index contributed by atoms with van der Waals surface area (Å²) in [5.41, 5.74) is 1.66. The molecule has 0 radical (unpaired) electrons. The van der Waals surface area contributed by atoms with Gasteiger partial charge in [-0.05, 0) is 26.3 Å². The number of amides is 1. The normalized spacial score (nSPS) is 23.1. The van der Waals surface area contributed by atoms with E-state index in [0.29, 0.717) is 22.9 Å². The topological polar surface area (TPSA) is 104 Å². The molecular weight excluding hydrogens is 318 g/mol. The Labute approximate surface area is 137 Å². The molecule has 7 nitrogen and oxygen atoms in total. The first-order valence-electron chi connectivity index (χ1n) is 7.33. The summed E-state index contributed by atoms with van der Waals surface area (Å²) in [6.45, 7) is 3.63. The second-order valence-corrected chi connectivity index (χ2v) is 6.77. The van der Waals surface area contributed by atoms with E-state index < -0.39 is 5.97 Å². The van der Waals surface area contributed by atoms with Crippen LogP contribution in [-0.4, -0.2) is 49.6 Å². The monoisotopic (exact) mass is 335 g/mol. The Morgan fingerprint density at radius 2 is 2.04 bits per heavy atom. The Morgan fingerprint density at radius 3 is 2.61 bits per heavy atom. The van der Waals surface area contributed by atoms with Crippen molar-refractivity contribution in [3.8, 4) is 0 Å². The Balaban J connectivity index is 1.89. The maximum Gasteiger partial charge on any atom is 0.353 e. The van der Waals surface area contributed by atoms with Gasteiger partial charge in [0, 0.05) is 29.3 Å². The summed E-state index contributed by atoms with van der Waals surface area (Å²) in [5.74, 6) is -1.64. The van der Waals surface area contributed by atoms with E-state index in [4.69, 9.17) is 5.11 Å². The number of aryl methyl sites for hydroxylation is 2. The van der Waals surface area contributed by atoms with Crippen LogP contribution in [0.3, 0.4) is 0 Å². The number of aliphatic carboxylic acids is 1. The van der Waals surface area contributed by atoms with Gasteiger partial charge in [0.25, 0.3) is 0 Å². The van der Waals surface area contributed by atoms with Crippen molar-refractivity contribution in [2.24, 2.45) is 5.92 Å². The SMILES string of the molecule is Cc1cc(C)nc(SC2=C(C(=O)O)N3C(=O)C(CCO)C3C2)n1. The highest BCUT2D eigenvalue weighted by Crippen LogP contribution is 2.48. The maximum absolute atomic E-state index is 12.1. The molecule has 1 saturated heterocycles. The fourth-order valence-electron chi connectivity index (χ4n) is 3.15.